The maximum absolute atomic E-state index is 11.3. The molecule has 0 heterocycles. The van der Waals surface area contributed by atoms with Gasteiger partial charge in [-0.15, -0.1) is 0 Å². The van der Waals surface area contributed by atoms with Gasteiger partial charge in [-0.3, -0.25) is 4.79 Å². The van der Waals surface area contributed by atoms with Crippen LogP contribution in [0.25, 0.3) is 0 Å². The topological polar surface area (TPSA) is 68.8 Å². The Kier molecular flexibility index (Phi) is 5.89. The van der Waals surface area contributed by atoms with Gasteiger partial charge >= 0.3 is 0 Å². The molecule has 24 heavy (non-hydrogen) atoms. The molecule has 0 spiro atoms. The van der Waals surface area contributed by atoms with Crippen LogP contribution in [-0.4, -0.2) is 27.2 Å². The van der Waals surface area contributed by atoms with Crippen molar-refractivity contribution in [1.29, 1.82) is 0 Å². The highest BCUT2D eigenvalue weighted by atomic mass is 16.5. The second-order valence-corrected chi connectivity index (χ2v) is 5.07. The zero-order valence-electron chi connectivity index (χ0n) is 14.3. The number of para-hydroxylation sites is 2. The van der Waals surface area contributed by atoms with Gasteiger partial charge in [-0.2, -0.15) is 0 Å². The van der Waals surface area contributed by atoms with Crippen LogP contribution in [0.4, 0.5) is 11.4 Å². The number of carbonyl (C=O) groups is 1. The summed E-state index contributed by atoms with van der Waals surface area (Å²) in [6.07, 6.45) is 0. The van der Waals surface area contributed by atoms with Crippen molar-refractivity contribution in [2.75, 3.05) is 32.0 Å². The van der Waals surface area contributed by atoms with Gasteiger partial charge in [0.25, 0.3) is 0 Å². The fraction of sp³-hybridized carbons (Fsp3) is 0.278. The summed E-state index contributed by atoms with van der Waals surface area (Å²) in [4.78, 5) is 11.3. The van der Waals surface area contributed by atoms with Crippen molar-refractivity contribution in [2.45, 2.75) is 13.5 Å². The van der Waals surface area contributed by atoms with E-state index in [0.717, 1.165) is 16.9 Å². The third-order valence-electron chi connectivity index (χ3n) is 3.49. The Balaban J connectivity index is 2.25. The Morgan fingerprint density at radius 2 is 1.58 bits per heavy atom. The molecule has 1 amide bonds. The summed E-state index contributed by atoms with van der Waals surface area (Å²) in [5, 5.41) is 6.11. The summed E-state index contributed by atoms with van der Waals surface area (Å²) in [7, 11) is 4.74. The zero-order valence-corrected chi connectivity index (χ0v) is 14.3. The lowest BCUT2D eigenvalue weighted by Crippen LogP contribution is -2.10. The molecule has 6 nitrogen and oxygen atoms in total. The van der Waals surface area contributed by atoms with Crippen LogP contribution in [0.5, 0.6) is 17.2 Å². The minimum Gasteiger partial charge on any atom is -0.493 e. The summed E-state index contributed by atoms with van der Waals surface area (Å²) in [5.41, 5.74) is 2.46. The normalized spacial score (nSPS) is 10.0. The number of rotatable bonds is 7. The summed E-state index contributed by atoms with van der Waals surface area (Å²) in [6.45, 7) is 1.98. The van der Waals surface area contributed by atoms with Crippen LogP contribution < -0.4 is 24.8 Å². The summed E-state index contributed by atoms with van der Waals surface area (Å²) >= 11 is 0. The molecule has 2 N–H and O–H groups in total. The van der Waals surface area contributed by atoms with Gasteiger partial charge in [-0.25, -0.2) is 0 Å². The Morgan fingerprint density at radius 3 is 2.17 bits per heavy atom. The molecule has 0 bridgehead atoms. The van der Waals surface area contributed by atoms with Gasteiger partial charge in [0.2, 0.25) is 11.7 Å². The molecule has 0 atom stereocenters. The van der Waals surface area contributed by atoms with E-state index in [9.17, 15) is 4.79 Å². The molecule has 0 aromatic heterocycles. The Labute approximate surface area is 141 Å². The second kappa shape index (κ2) is 8.10. The van der Waals surface area contributed by atoms with Gasteiger partial charge in [-0.05, 0) is 24.3 Å². The first-order chi connectivity index (χ1) is 11.6. The third-order valence-corrected chi connectivity index (χ3v) is 3.49. The fourth-order valence-corrected chi connectivity index (χ4v) is 2.43. The molecule has 0 saturated heterocycles. The molecule has 0 fully saturated rings. The van der Waals surface area contributed by atoms with Crippen LogP contribution in [0.15, 0.2) is 36.4 Å². The number of nitrogens with one attached hydrogen (secondary N) is 2. The quantitative estimate of drug-likeness (QED) is 0.815. The van der Waals surface area contributed by atoms with E-state index in [2.05, 4.69) is 10.6 Å². The van der Waals surface area contributed by atoms with Crippen molar-refractivity contribution in [1.82, 2.24) is 0 Å². The van der Waals surface area contributed by atoms with E-state index in [0.29, 0.717) is 23.8 Å². The zero-order chi connectivity index (χ0) is 17.5. The fourth-order valence-electron chi connectivity index (χ4n) is 2.43. The Hall–Kier alpha value is -2.89. The minimum atomic E-state index is -0.118. The molecule has 0 radical (unpaired) electrons. The maximum Gasteiger partial charge on any atom is 0.221 e. The van der Waals surface area contributed by atoms with Crippen molar-refractivity contribution in [2.24, 2.45) is 0 Å². The van der Waals surface area contributed by atoms with Crippen LogP contribution in [0.2, 0.25) is 0 Å². The third kappa shape index (κ3) is 3.90. The van der Waals surface area contributed by atoms with E-state index in [4.69, 9.17) is 14.2 Å². The van der Waals surface area contributed by atoms with Gasteiger partial charge < -0.3 is 24.8 Å². The number of methoxy groups -OCH3 is 3. The number of carbonyl (C=O) groups excluding carboxylic acids is 1. The predicted octanol–water partition coefficient (Wildman–Crippen LogP) is 3.28. The van der Waals surface area contributed by atoms with Crippen LogP contribution in [-0.2, 0) is 11.3 Å². The molecule has 2 aromatic carbocycles. The van der Waals surface area contributed by atoms with Crippen LogP contribution in [0.3, 0.4) is 0 Å². The average Bonchev–Trinajstić information content (AvgIpc) is 2.59. The Bertz CT molecular complexity index is 716. The molecular weight excluding hydrogens is 308 g/mol. The van der Waals surface area contributed by atoms with E-state index in [1.807, 2.05) is 36.4 Å². The van der Waals surface area contributed by atoms with Gasteiger partial charge in [0.15, 0.2) is 11.5 Å². The molecule has 0 aliphatic rings. The maximum atomic E-state index is 11.3. The number of hydrogen-bond donors (Lipinski definition) is 2. The minimum absolute atomic E-state index is 0.118. The Morgan fingerprint density at radius 1 is 0.917 bits per heavy atom. The first-order valence-corrected chi connectivity index (χ1v) is 7.49. The van der Waals surface area contributed by atoms with Gasteiger partial charge in [0.1, 0.15) is 0 Å². The largest absolute Gasteiger partial charge is 0.493 e. The number of benzene rings is 2. The van der Waals surface area contributed by atoms with Crippen molar-refractivity contribution in [3.63, 3.8) is 0 Å². The summed E-state index contributed by atoms with van der Waals surface area (Å²) in [5.74, 6) is 1.65. The van der Waals surface area contributed by atoms with E-state index in [-0.39, 0.29) is 5.91 Å². The molecule has 2 aromatic rings. The highest BCUT2D eigenvalue weighted by Crippen LogP contribution is 2.40. The van der Waals surface area contributed by atoms with Crippen molar-refractivity contribution >= 4 is 17.3 Å². The van der Waals surface area contributed by atoms with E-state index in [1.165, 1.54) is 6.92 Å². The highest BCUT2D eigenvalue weighted by molar-refractivity contribution is 5.92. The van der Waals surface area contributed by atoms with Gasteiger partial charge in [0.05, 0.1) is 32.7 Å². The van der Waals surface area contributed by atoms with Crippen molar-refractivity contribution < 1.29 is 19.0 Å². The lowest BCUT2D eigenvalue weighted by molar-refractivity contribution is -0.114. The molecular formula is C18H22N2O4. The summed E-state index contributed by atoms with van der Waals surface area (Å²) in [6, 6.07) is 11.3. The number of hydrogen-bond acceptors (Lipinski definition) is 5. The highest BCUT2D eigenvalue weighted by Gasteiger charge is 2.15. The van der Waals surface area contributed by atoms with Crippen molar-refractivity contribution in [3.05, 3.63) is 42.0 Å². The molecule has 6 heteroatoms. The second-order valence-electron chi connectivity index (χ2n) is 5.07. The number of ether oxygens (including phenoxy) is 3. The molecule has 128 valence electrons. The van der Waals surface area contributed by atoms with Gasteiger partial charge in [-0.1, -0.05) is 12.1 Å². The average molecular weight is 330 g/mol. The molecule has 0 unspecified atom stereocenters. The number of amides is 1. The van der Waals surface area contributed by atoms with Gasteiger partial charge in [0, 0.05) is 19.0 Å². The molecule has 0 aliphatic carbocycles. The summed E-state index contributed by atoms with van der Waals surface area (Å²) < 4.78 is 16.2. The lowest BCUT2D eigenvalue weighted by atomic mass is 10.1. The van der Waals surface area contributed by atoms with E-state index >= 15 is 0 Å². The van der Waals surface area contributed by atoms with Crippen LogP contribution in [0, 0.1) is 0 Å². The number of anilines is 2. The van der Waals surface area contributed by atoms with E-state index < -0.39 is 0 Å². The molecule has 0 saturated carbocycles. The first kappa shape index (κ1) is 17.5. The molecule has 0 aliphatic heterocycles. The monoisotopic (exact) mass is 330 g/mol. The van der Waals surface area contributed by atoms with E-state index in [1.54, 1.807) is 21.3 Å². The van der Waals surface area contributed by atoms with Crippen LogP contribution in [0.1, 0.15) is 12.5 Å². The first-order valence-electron chi connectivity index (χ1n) is 7.49. The smallest absolute Gasteiger partial charge is 0.221 e. The van der Waals surface area contributed by atoms with Crippen LogP contribution >= 0.6 is 0 Å². The lowest BCUT2D eigenvalue weighted by Gasteiger charge is -2.17. The molecule has 2 rings (SSSR count). The standard InChI is InChI=1S/C18H22N2O4/c1-12(21)20-15-8-6-5-7-14(15)19-11-13-9-10-16(22-2)18(24-4)17(13)23-3/h5-10,19H,11H2,1-4H3,(H,20,21). The predicted molar refractivity (Wildman–Crippen MR) is 94.2 cm³/mol. The van der Waals surface area contributed by atoms with Crippen molar-refractivity contribution in [3.8, 4) is 17.2 Å². The SMILES string of the molecule is COc1ccc(CNc2ccccc2NC(C)=O)c(OC)c1OC.